The van der Waals surface area contributed by atoms with Crippen LogP contribution in [0.15, 0.2) is 72.1 Å². The SMILES string of the molecule is C=CCC(F)(P)C(C)Oc1ccc(S(C)(=O)=O)cc1C(=O)N1Cc2ccc(-c3ccc(Cl)c(Cl)c3)cc2C1. The van der Waals surface area contributed by atoms with Crippen LogP contribution in [-0.4, -0.2) is 37.0 Å². The van der Waals surface area contributed by atoms with Crippen LogP contribution in [0.5, 0.6) is 5.75 Å². The van der Waals surface area contributed by atoms with Gasteiger partial charge in [0.05, 0.1) is 20.5 Å². The molecule has 1 heterocycles. The Morgan fingerprint density at radius 2 is 1.76 bits per heavy atom. The molecule has 0 aromatic heterocycles. The first-order chi connectivity index (χ1) is 17.8. The Morgan fingerprint density at radius 3 is 2.42 bits per heavy atom. The van der Waals surface area contributed by atoms with E-state index in [4.69, 9.17) is 27.9 Å². The molecule has 1 aliphatic rings. The number of allylic oxidation sites excluding steroid dienone is 1. The quantitative estimate of drug-likeness (QED) is 0.206. The first-order valence-electron chi connectivity index (χ1n) is 11.8. The third-order valence-corrected chi connectivity index (χ3v) is 9.07. The number of carbonyl (C=O) groups excluding carboxylic acids is 1. The van der Waals surface area contributed by atoms with E-state index >= 15 is 4.39 Å². The second kappa shape index (κ2) is 11.0. The van der Waals surface area contributed by atoms with Gasteiger partial charge in [0.2, 0.25) is 0 Å². The smallest absolute Gasteiger partial charge is 0.258 e. The van der Waals surface area contributed by atoms with E-state index in [0.717, 1.165) is 28.5 Å². The van der Waals surface area contributed by atoms with Gasteiger partial charge in [-0.05, 0) is 65.6 Å². The van der Waals surface area contributed by atoms with Crippen molar-refractivity contribution in [3.8, 4) is 16.9 Å². The Morgan fingerprint density at radius 1 is 1.11 bits per heavy atom. The number of carbonyl (C=O) groups is 1. The molecule has 5 nitrogen and oxygen atoms in total. The first kappa shape index (κ1) is 28.6. The molecule has 0 radical (unpaired) electrons. The van der Waals surface area contributed by atoms with Crippen LogP contribution in [0.2, 0.25) is 10.0 Å². The summed E-state index contributed by atoms with van der Waals surface area (Å²) >= 11 is 12.2. The van der Waals surface area contributed by atoms with Crippen molar-refractivity contribution in [3.05, 3.63) is 94.0 Å². The van der Waals surface area contributed by atoms with E-state index in [0.29, 0.717) is 23.1 Å². The summed E-state index contributed by atoms with van der Waals surface area (Å²) in [6, 6.07) is 15.3. The number of fused-ring (bicyclic) bond motifs is 1. The van der Waals surface area contributed by atoms with Gasteiger partial charge in [0.25, 0.3) is 5.91 Å². The Hall–Kier alpha value is -2.44. The molecule has 0 N–H and O–H groups in total. The molecular weight excluding hydrogens is 567 g/mol. The number of ether oxygens (including phenoxy) is 1. The summed E-state index contributed by atoms with van der Waals surface area (Å²) in [7, 11) is -1.48. The zero-order chi connectivity index (χ0) is 27.8. The van der Waals surface area contributed by atoms with Gasteiger partial charge >= 0.3 is 0 Å². The number of rotatable bonds is 8. The molecule has 4 rings (SSSR count). The van der Waals surface area contributed by atoms with Gasteiger partial charge in [-0.2, -0.15) is 0 Å². The molecule has 200 valence electrons. The van der Waals surface area contributed by atoms with Gasteiger partial charge < -0.3 is 9.64 Å². The lowest BCUT2D eigenvalue weighted by molar-refractivity contribution is 0.0714. The lowest BCUT2D eigenvalue weighted by Crippen LogP contribution is -2.34. The maximum absolute atomic E-state index is 15.0. The van der Waals surface area contributed by atoms with E-state index in [9.17, 15) is 13.2 Å². The van der Waals surface area contributed by atoms with Crippen LogP contribution in [0.3, 0.4) is 0 Å². The third-order valence-electron chi connectivity index (χ3n) is 6.52. The van der Waals surface area contributed by atoms with Crippen molar-refractivity contribution in [2.75, 3.05) is 6.26 Å². The van der Waals surface area contributed by atoms with E-state index in [1.54, 1.807) is 24.0 Å². The number of hydrogen-bond acceptors (Lipinski definition) is 4. The third kappa shape index (κ3) is 6.07. The number of benzene rings is 3. The van der Waals surface area contributed by atoms with Crippen LogP contribution >= 0.6 is 32.4 Å². The lowest BCUT2D eigenvalue weighted by atomic mass is 10.0. The number of sulfone groups is 1. The highest BCUT2D eigenvalue weighted by atomic mass is 35.5. The molecule has 0 saturated heterocycles. The van der Waals surface area contributed by atoms with Crippen LogP contribution in [0.4, 0.5) is 4.39 Å². The summed E-state index contributed by atoms with van der Waals surface area (Å²) in [5, 5.41) is -0.902. The van der Waals surface area contributed by atoms with Gasteiger partial charge in [-0.25, -0.2) is 12.8 Å². The molecule has 0 saturated carbocycles. The second-order valence-electron chi connectivity index (χ2n) is 9.38. The van der Waals surface area contributed by atoms with Gasteiger partial charge in [-0.3, -0.25) is 4.79 Å². The number of hydrogen-bond donors (Lipinski definition) is 0. The van der Waals surface area contributed by atoms with Crippen LogP contribution in [0.25, 0.3) is 11.1 Å². The topological polar surface area (TPSA) is 63.7 Å². The molecule has 10 heteroatoms. The average Bonchev–Trinajstić information content (AvgIpc) is 3.28. The van der Waals surface area contributed by atoms with E-state index in [1.807, 2.05) is 24.3 Å². The van der Waals surface area contributed by atoms with Gasteiger partial charge in [0, 0.05) is 25.8 Å². The normalized spacial score (nSPS) is 15.5. The zero-order valence-electron chi connectivity index (χ0n) is 20.9. The van der Waals surface area contributed by atoms with Gasteiger partial charge in [-0.1, -0.05) is 56.7 Å². The molecule has 0 bridgehead atoms. The van der Waals surface area contributed by atoms with Crippen molar-refractivity contribution in [3.63, 3.8) is 0 Å². The van der Waals surface area contributed by atoms with Crippen LogP contribution in [0, 0.1) is 0 Å². The number of halogens is 3. The van der Waals surface area contributed by atoms with Crippen LogP contribution in [-0.2, 0) is 22.9 Å². The zero-order valence-corrected chi connectivity index (χ0v) is 24.4. The van der Waals surface area contributed by atoms with Gasteiger partial charge in [0.15, 0.2) is 15.2 Å². The fourth-order valence-electron chi connectivity index (χ4n) is 4.25. The fraction of sp³-hybridized carbons (Fsp3) is 0.250. The molecule has 3 aromatic carbocycles. The molecule has 38 heavy (non-hydrogen) atoms. The summed E-state index contributed by atoms with van der Waals surface area (Å²) < 4.78 is 45.4. The predicted molar refractivity (Wildman–Crippen MR) is 153 cm³/mol. The number of alkyl halides is 1. The molecule has 3 unspecified atom stereocenters. The van der Waals surface area contributed by atoms with Crippen molar-refractivity contribution < 1.29 is 22.3 Å². The molecule has 0 spiro atoms. The monoisotopic (exact) mass is 593 g/mol. The van der Waals surface area contributed by atoms with Gasteiger partial charge in [-0.15, -0.1) is 6.58 Å². The van der Waals surface area contributed by atoms with Crippen molar-refractivity contribution in [2.24, 2.45) is 0 Å². The predicted octanol–water partition coefficient (Wildman–Crippen LogP) is 7.10. The first-order valence-corrected chi connectivity index (χ1v) is 15.0. The molecule has 0 aliphatic carbocycles. The molecule has 0 fully saturated rings. The molecule has 3 atom stereocenters. The standard InChI is InChI=1S/C28H27Cl2FNO4PS/c1-4-11-28(31,37)17(2)36-26-10-8-22(38(3,34)35)14-23(26)27(33)32-15-20-6-5-18(12-21(20)16-32)19-7-9-24(29)25(30)13-19/h4-10,12-14,17H,1,11,15-16,37H2,2-3H3. The summed E-state index contributed by atoms with van der Waals surface area (Å²) in [5.74, 6) is -0.308. The summed E-state index contributed by atoms with van der Waals surface area (Å²) in [4.78, 5) is 15.3. The maximum atomic E-state index is 15.0. The highest BCUT2D eigenvalue weighted by Gasteiger charge is 2.34. The molecule has 3 aromatic rings. The Balaban J connectivity index is 1.65. The van der Waals surface area contributed by atoms with Crippen LogP contribution in [0.1, 0.15) is 34.8 Å². The van der Waals surface area contributed by atoms with E-state index in [-0.39, 0.29) is 22.6 Å². The summed E-state index contributed by atoms with van der Waals surface area (Å²) in [6.45, 7) is 5.77. The largest absolute Gasteiger partial charge is 0.486 e. The number of nitrogens with zero attached hydrogens (tertiary/aromatic N) is 1. The Labute approximate surface area is 234 Å². The summed E-state index contributed by atoms with van der Waals surface area (Å²) in [5.41, 5.74) is 3.79. The number of amides is 1. The molecule has 1 aliphatic heterocycles. The highest BCUT2D eigenvalue weighted by molar-refractivity contribution is 7.90. The lowest BCUT2D eigenvalue weighted by Gasteiger charge is -2.28. The molecule has 1 amide bonds. The fourth-order valence-corrected chi connectivity index (χ4v) is 5.43. The summed E-state index contributed by atoms with van der Waals surface area (Å²) in [6.07, 6.45) is 1.58. The van der Waals surface area contributed by atoms with Crippen molar-refractivity contribution in [1.29, 1.82) is 0 Å². The minimum Gasteiger partial charge on any atom is -0.486 e. The average molecular weight is 594 g/mol. The minimum absolute atomic E-state index is 0.0200. The molecular formula is C28H27Cl2FNO4PS. The van der Waals surface area contributed by atoms with Crippen LogP contribution < -0.4 is 4.74 Å². The Bertz CT molecular complexity index is 1530. The van der Waals surface area contributed by atoms with Gasteiger partial charge in [0.1, 0.15) is 11.9 Å². The van der Waals surface area contributed by atoms with Crippen molar-refractivity contribution in [2.45, 2.75) is 42.8 Å². The van der Waals surface area contributed by atoms with Crippen molar-refractivity contribution >= 4 is 48.2 Å². The Kier molecular flexibility index (Phi) is 8.25. The van der Waals surface area contributed by atoms with E-state index in [1.165, 1.54) is 24.3 Å². The van der Waals surface area contributed by atoms with Crippen molar-refractivity contribution in [1.82, 2.24) is 4.90 Å². The highest BCUT2D eigenvalue weighted by Crippen LogP contribution is 2.36. The van der Waals surface area contributed by atoms with E-state index < -0.39 is 27.3 Å². The maximum Gasteiger partial charge on any atom is 0.258 e. The minimum atomic E-state index is -3.60. The van der Waals surface area contributed by atoms with E-state index in [2.05, 4.69) is 15.8 Å². The second-order valence-corrected chi connectivity index (χ2v) is 13.2.